The fourth-order valence-corrected chi connectivity index (χ4v) is 1.37. The number of hydroxylamine groups is 1. The molecule has 0 aliphatic rings. The zero-order chi connectivity index (χ0) is 12.5. The third-order valence-corrected chi connectivity index (χ3v) is 2.27. The summed E-state index contributed by atoms with van der Waals surface area (Å²) in [4.78, 5) is 15.8. The lowest BCUT2D eigenvalue weighted by atomic mass is 10.1. The van der Waals surface area contributed by atoms with Crippen LogP contribution in [0.4, 0.5) is 0 Å². The van der Waals surface area contributed by atoms with Crippen molar-refractivity contribution in [3.63, 3.8) is 0 Å². The quantitative estimate of drug-likeness (QED) is 0.583. The third kappa shape index (κ3) is 5.36. The number of amides is 1. The number of carbonyl (C=O) groups is 1. The molecule has 0 atom stereocenters. The number of rotatable bonds is 7. The molecule has 4 heteroatoms. The fourth-order valence-electron chi connectivity index (χ4n) is 1.37. The number of nitrogens with one attached hydrogen (secondary N) is 1. The van der Waals surface area contributed by atoms with Gasteiger partial charge in [0.05, 0.1) is 20.1 Å². The van der Waals surface area contributed by atoms with Crippen LogP contribution in [0, 0.1) is 0 Å². The second kappa shape index (κ2) is 7.68. The molecular weight excluding hydrogens is 218 g/mol. The number of hydrogen-bond acceptors (Lipinski definition) is 3. The van der Waals surface area contributed by atoms with Crippen LogP contribution in [0.2, 0.25) is 0 Å². The van der Waals surface area contributed by atoms with Gasteiger partial charge in [-0.25, -0.2) is 5.48 Å². The lowest BCUT2D eigenvalue weighted by molar-refractivity contribution is -0.130. The molecule has 0 aromatic heterocycles. The molecule has 0 saturated heterocycles. The normalized spacial score (nSPS) is 10.0. The number of unbranched alkanes of at least 4 members (excludes halogenated alkanes) is 1. The Balaban J connectivity index is 2.41. The van der Waals surface area contributed by atoms with Crippen LogP contribution in [-0.2, 0) is 16.1 Å². The highest BCUT2D eigenvalue weighted by molar-refractivity contribution is 5.77. The van der Waals surface area contributed by atoms with E-state index in [1.165, 1.54) is 7.11 Å². The summed E-state index contributed by atoms with van der Waals surface area (Å²) in [6, 6.07) is 7.53. The Morgan fingerprint density at radius 3 is 2.59 bits per heavy atom. The molecule has 4 nitrogen and oxygen atoms in total. The minimum absolute atomic E-state index is 0.160. The Hall–Kier alpha value is -1.55. The summed E-state index contributed by atoms with van der Waals surface area (Å²) >= 11 is 0. The number of benzene rings is 1. The van der Waals surface area contributed by atoms with Gasteiger partial charge in [-0.15, -0.1) is 0 Å². The summed E-state index contributed by atoms with van der Waals surface area (Å²) in [6.45, 7) is 2.86. The number of carbonyl (C=O) groups excluding carboxylic acids is 1. The van der Waals surface area contributed by atoms with Crippen LogP contribution >= 0.6 is 0 Å². The molecule has 1 rings (SSSR count). The second-order valence-corrected chi connectivity index (χ2v) is 3.75. The predicted octanol–water partition coefficient (Wildman–Crippen LogP) is 2.09. The van der Waals surface area contributed by atoms with E-state index < -0.39 is 0 Å². The van der Waals surface area contributed by atoms with E-state index in [0.29, 0.717) is 6.42 Å². The molecule has 0 radical (unpaired) electrons. The van der Waals surface area contributed by atoms with Gasteiger partial charge in [0.25, 0.3) is 0 Å². The molecule has 0 bridgehead atoms. The molecule has 1 amide bonds. The molecule has 1 aromatic rings. The van der Waals surface area contributed by atoms with Gasteiger partial charge in [-0.2, -0.15) is 0 Å². The maximum absolute atomic E-state index is 11.2. The first kappa shape index (κ1) is 13.5. The van der Waals surface area contributed by atoms with Crippen molar-refractivity contribution < 1.29 is 14.4 Å². The third-order valence-electron chi connectivity index (χ3n) is 2.27. The van der Waals surface area contributed by atoms with Gasteiger partial charge < -0.3 is 4.74 Å². The van der Waals surface area contributed by atoms with Gasteiger partial charge in [0, 0.05) is 0 Å². The monoisotopic (exact) mass is 237 g/mol. The molecule has 0 aliphatic heterocycles. The Morgan fingerprint density at radius 2 is 2.00 bits per heavy atom. The van der Waals surface area contributed by atoms with Gasteiger partial charge >= 0.3 is 0 Å². The summed E-state index contributed by atoms with van der Waals surface area (Å²) in [7, 11) is 1.42. The minimum atomic E-state index is -0.160. The standard InChI is InChI=1S/C13H19NO3/c1-3-4-9-17-12-7-5-11(6-8-12)10-13(15)14-16-2/h5-8H,3-4,9-10H2,1-2H3,(H,14,15). The first-order valence-electron chi connectivity index (χ1n) is 5.79. The fraction of sp³-hybridized carbons (Fsp3) is 0.462. The van der Waals surface area contributed by atoms with Gasteiger partial charge in [0.15, 0.2) is 0 Å². The Bertz CT molecular complexity index is 335. The minimum Gasteiger partial charge on any atom is -0.494 e. The van der Waals surface area contributed by atoms with E-state index in [4.69, 9.17) is 4.74 Å². The van der Waals surface area contributed by atoms with E-state index >= 15 is 0 Å². The van der Waals surface area contributed by atoms with Crippen LogP contribution in [0.25, 0.3) is 0 Å². The molecule has 0 fully saturated rings. The average molecular weight is 237 g/mol. The van der Waals surface area contributed by atoms with Gasteiger partial charge in [-0.3, -0.25) is 9.63 Å². The van der Waals surface area contributed by atoms with Crippen molar-refractivity contribution >= 4 is 5.91 Å². The largest absolute Gasteiger partial charge is 0.494 e. The highest BCUT2D eigenvalue weighted by Gasteiger charge is 2.02. The molecule has 0 saturated carbocycles. The molecule has 0 aliphatic carbocycles. The average Bonchev–Trinajstić information content (AvgIpc) is 2.32. The number of ether oxygens (including phenoxy) is 1. The summed E-state index contributed by atoms with van der Waals surface area (Å²) in [5.74, 6) is 0.682. The summed E-state index contributed by atoms with van der Waals surface area (Å²) in [5.41, 5.74) is 3.21. The first-order chi connectivity index (χ1) is 8.26. The van der Waals surface area contributed by atoms with Gasteiger partial charge in [0.1, 0.15) is 5.75 Å². The van der Waals surface area contributed by atoms with Crippen molar-refractivity contribution in [3.05, 3.63) is 29.8 Å². The summed E-state index contributed by atoms with van der Waals surface area (Å²) < 4.78 is 5.53. The van der Waals surface area contributed by atoms with Crippen molar-refractivity contribution in [2.45, 2.75) is 26.2 Å². The summed E-state index contributed by atoms with van der Waals surface area (Å²) in [6.07, 6.45) is 2.48. The number of hydrogen-bond donors (Lipinski definition) is 1. The molecular formula is C13H19NO3. The zero-order valence-electron chi connectivity index (χ0n) is 10.4. The van der Waals surface area contributed by atoms with E-state index in [0.717, 1.165) is 30.8 Å². The Kier molecular flexibility index (Phi) is 6.10. The van der Waals surface area contributed by atoms with Crippen molar-refractivity contribution in [2.24, 2.45) is 0 Å². The lowest BCUT2D eigenvalue weighted by Crippen LogP contribution is -2.23. The maximum Gasteiger partial charge on any atom is 0.247 e. The molecule has 0 unspecified atom stereocenters. The predicted molar refractivity (Wildman–Crippen MR) is 65.7 cm³/mol. The zero-order valence-corrected chi connectivity index (χ0v) is 10.4. The van der Waals surface area contributed by atoms with E-state index in [2.05, 4.69) is 17.2 Å². The van der Waals surface area contributed by atoms with Crippen molar-refractivity contribution in [1.29, 1.82) is 0 Å². The van der Waals surface area contributed by atoms with Crippen molar-refractivity contribution in [2.75, 3.05) is 13.7 Å². The highest BCUT2D eigenvalue weighted by atomic mass is 16.6. The second-order valence-electron chi connectivity index (χ2n) is 3.75. The van der Waals surface area contributed by atoms with Crippen molar-refractivity contribution in [3.8, 4) is 5.75 Å². The Labute approximate surface area is 102 Å². The van der Waals surface area contributed by atoms with Crippen LogP contribution in [0.3, 0.4) is 0 Å². The highest BCUT2D eigenvalue weighted by Crippen LogP contribution is 2.13. The topological polar surface area (TPSA) is 47.6 Å². The molecule has 1 N–H and O–H groups in total. The van der Waals surface area contributed by atoms with E-state index in [1.54, 1.807) is 0 Å². The molecule has 17 heavy (non-hydrogen) atoms. The van der Waals surface area contributed by atoms with E-state index in [1.807, 2.05) is 24.3 Å². The molecule has 0 heterocycles. The first-order valence-corrected chi connectivity index (χ1v) is 5.79. The molecule has 0 spiro atoms. The van der Waals surface area contributed by atoms with Crippen LogP contribution in [-0.4, -0.2) is 19.6 Å². The van der Waals surface area contributed by atoms with Gasteiger partial charge in [-0.1, -0.05) is 25.5 Å². The van der Waals surface area contributed by atoms with E-state index in [9.17, 15) is 4.79 Å². The maximum atomic E-state index is 11.2. The van der Waals surface area contributed by atoms with E-state index in [-0.39, 0.29) is 5.91 Å². The molecule has 94 valence electrons. The van der Waals surface area contributed by atoms with Gasteiger partial charge in [-0.05, 0) is 24.1 Å². The van der Waals surface area contributed by atoms with Crippen LogP contribution in [0.15, 0.2) is 24.3 Å². The van der Waals surface area contributed by atoms with Gasteiger partial charge in [0.2, 0.25) is 5.91 Å². The van der Waals surface area contributed by atoms with Crippen molar-refractivity contribution in [1.82, 2.24) is 5.48 Å². The summed E-state index contributed by atoms with van der Waals surface area (Å²) in [5, 5.41) is 0. The van der Waals surface area contributed by atoms with Crippen LogP contribution in [0.1, 0.15) is 25.3 Å². The van der Waals surface area contributed by atoms with Crippen LogP contribution < -0.4 is 10.2 Å². The van der Waals surface area contributed by atoms with Crippen LogP contribution in [0.5, 0.6) is 5.75 Å². The Morgan fingerprint density at radius 1 is 1.29 bits per heavy atom. The molecule has 1 aromatic carbocycles. The SMILES string of the molecule is CCCCOc1ccc(CC(=O)NOC)cc1. The lowest BCUT2D eigenvalue weighted by Gasteiger charge is -2.06. The smallest absolute Gasteiger partial charge is 0.247 e.